The van der Waals surface area contributed by atoms with E-state index in [9.17, 15) is 0 Å². The predicted octanol–water partition coefficient (Wildman–Crippen LogP) is 4.44. The summed E-state index contributed by atoms with van der Waals surface area (Å²) in [5.74, 6) is 1.81. The fraction of sp³-hybridized carbons (Fsp3) is 0.619. The molecule has 0 atom stereocenters. The number of thiophene rings is 1. The topological polar surface area (TPSA) is 49.8 Å². The number of aryl methyl sites for hydroxylation is 1. The van der Waals surface area contributed by atoms with Crippen molar-refractivity contribution >= 4 is 28.6 Å². The Balaban J connectivity index is 1.50. The van der Waals surface area contributed by atoms with E-state index in [0.717, 1.165) is 61.8 Å². The molecule has 3 rings (SSSR count). The van der Waals surface area contributed by atoms with Crippen LogP contribution in [0.5, 0.6) is 0 Å². The lowest BCUT2D eigenvalue weighted by atomic mass is 9.96. The number of nitrogens with zero attached hydrogens (tertiary/aromatic N) is 3. The van der Waals surface area contributed by atoms with E-state index < -0.39 is 0 Å². The third kappa shape index (κ3) is 6.29. The lowest BCUT2D eigenvalue weighted by Crippen LogP contribution is -2.40. The fourth-order valence-corrected chi connectivity index (χ4v) is 5.03. The van der Waals surface area contributed by atoms with Gasteiger partial charge in [-0.3, -0.25) is 4.99 Å². The Morgan fingerprint density at radius 3 is 2.89 bits per heavy atom. The molecule has 1 N–H and O–H groups in total. The zero-order valence-corrected chi connectivity index (χ0v) is 18.9. The summed E-state index contributed by atoms with van der Waals surface area (Å²) in [4.78, 5) is 14.3. The molecule has 2 aromatic heterocycles. The first-order valence-corrected chi connectivity index (χ1v) is 11.9. The van der Waals surface area contributed by atoms with Crippen LogP contribution in [0.2, 0.25) is 0 Å². The highest BCUT2D eigenvalue weighted by Crippen LogP contribution is 2.29. The Hall–Kier alpha value is -1.44. The van der Waals surface area contributed by atoms with E-state index in [1.165, 1.54) is 29.0 Å². The second-order valence-electron chi connectivity index (χ2n) is 7.27. The van der Waals surface area contributed by atoms with Crippen LogP contribution in [-0.2, 0) is 11.2 Å². The molecule has 5 nitrogen and oxygen atoms in total. The number of guanidine groups is 1. The van der Waals surface area contributed by atoms with Crippen molar-refractivity contribution in [3.63, 3.8) is 0 Å². The zero-order chi connectivity index (χ0) is 19.8. The molecule has 0 aliphatic carbocycles. The molecule has 0 bridgehead atoms. The van der Waals surface area contributed by atoms with Gasteiger partial charge in [0, 0.05) is 56.6 Å². The minimum Gasteiger partial charge on any atom is -0.381 e. The van der Waals surface area contributed by atoms with E-state index >= 15 is 0 Å². The van der Waals surface area contributed by atoms with Gasteiger partial charge < -0.3 is 15.0 Å². The molecule has 154 valence electrons. The summed E-state index contributed by atoms with van der Waals surface area (Å²) in [6, 6.07) is 4.40. The van der Waals surface area contributed by atoms with Gasteiger partial charge in [-0.15, -0.1) is 22.7 Å². The third-order valence-corrected chi connectivity index (χ3v) is 7.00. The average molecular weight is 421 g/mol. The van der Waals surface area contributed by atoms with Gasteiger partial charge in [-0.05, 0) is 51.2 Å². The molecule has 0 spiro atoms. The minimum atomic E-state index is 0.790. The van der Waals surface area contributed by atoms with Gasteiger partial charge in [0.15, 0.2) is 5.96 Å². The minimum absolute atomic E-state index is 0.790. The van der Waals surface area contributed by atoms with Gasteiger partial charge in [0.2, 0.25) is 0 Å². The summed E-state index contributed by atoms with van der Waals surface area (Å²) in [6.45, 7) is 8.77. The molecule has 0 saturated carbocycles. The maximum absolute atomic E-state index is 5.47. The number of hydrogen-bond donors (Lipinski definition) is 1. The molecule has 28 heavy (non-hydrogen) atoms. The van der Waals surface area contributed by atoms with Gasteiger partial charge in [-0.1, -0.05) is 0 Å². The molecule has 1 aliphatic rings. The lowest BCUT2D eigenvalue weighted by Gasteiger charge is -2.26. The Morgan fingerprint density at radius 1 is 1.36 bits per heavy atom. The van der Waals surface area contributed by atoms with Crippen LogP contribution in [0.4, 0.5) is 0 Å². The van der Waals surface area contributed by atoms with Gasteiger partial charge in [-0.25, -0.2) is 4.98 Å². The lowest BCUT2D eigenvalue weighted by molar-refractivity contribution is 0.0625. The van der Waals surface area contributed by atoms with Crippen molar-refractivity contribution in [2.75, 3.05) is 39.9 Å². The van der Waals surface area contributed by atoms with Gasteiger partial charge >= 0.3 is 0 Å². The number of rotatable bonds is 8. The molecule has 7 heteroatoms. The van der Waals surface area contributed by atoms with Crippen molar-refractivity contribution in [3.8, 4) is 10.6 Å². The summed E-state index contributed by atoms with van der Waals surface area (Å²) in [6.07, 6.45) is 4.57. The molecule has 1 saturated heterocycles. The predicted molar refractivity (Wildman–Crippen MR) is 121 cm³/mol. The zero-order valence-electron chi connectivity index (χ0n) is 17.2. The molecule has 1 aliphatic heterocycles. The van der Waals surface area contributed by atoms with Crippen LogP contribution >= 0.6 is 22.7 Å². The maximum Gasteiger partial charge on any atom is 0.193 e. The number of aliphatic imine (C=N–C) groups is 1. The molecular weight excluding hydrogens is 388 g/mol. The van der Waals surface area contributed by atoms with E-state index in [0.29, 0.717) is 0 Å². The van der Waals surface area contributed by atoms with Crippen molar-refractivity contribution in [2.24, 2.45) is 10.9 Å². The van der Waals surface area contributed by atoms with Crippen molar-refractivity contribution in [3.05, 3.63) is 27.4 Å². The number of nitrogens with one attached hydrogen (secondary N) is 1. The highest BCUT2D eigenvalue weighted by atomic mass is 32.1. The summed E-state index contributed by atoms with van der Waals surface area (Å²) in [7, 11) is 2.15. The van der Waals surface area contributed by atoms with E-state index in [-0.39, 0.29) is 0 Å². The maximum atomic E-state index is 5.47. The monoisotopic (exact) mass is 420 g/mol. The molecule has 0 aromatic carbocycles. The number of aromatic nitrogens is 1. The Morgan fingerprint density at radius 2 is 2.18 bits per heavy atom. The number of ether oxygens (including phenoxy) is 1. The van der Waals surface area contributed by atoms with E-state index in [1.807, 2.05) is 11.3 Å². The van der Waals surface area contributed by atoms with Crippen LogP contribution < -0.4 is 5.32 Å². The summed E-state index contributed by atoms with van der Waals surface area (Å²) >= 11 is 3.54. The molecule has 2 aromatic rings. The first-order chi connectivity index (χ1) is 13.7. The van der Waals surface area contributed by atoms with E-state index in [1.54, 1.807) is 11.3 Å². The summed E-state index contributed by atoms with van der Waals surface area (Å²) in [5.41, 5.74) is 1.10. The van der Waals surface area contributed by atoms with Gasteiger partial charge in [0.05, 0.1) is 15.6 Å². The van der Waals surface area contributed by atoms with Crippen molar-refractivity contribution in [2.45, 2.75) is 39.5 Å². The molecule has 1 fully saturated rings. The Kier molecular flexibility index (Phi) is 8.30. The molecule has 0 radical (unpaired) electrons. The molecule has 0 amide bonds. The van der Waals surface area contributed by atoms with E-state index in [2.05, 4.69) is 53.6 Å². The van der Waals surface area contributed by atoms with Crippen molar-refractivity contribution in [1.29, 1.82) is 0 Å². The van der Waals surface area contributed by atoms with Crippen LogP contribution in [-0.4, -0.2) is 55.7 Å². The third-order valence-electron chi connectivity index (χ3n) is 5.06. The quantitative estimate of drug-likeness (QED) is 0.507. The molecule has 3 heterocycles. The normalized spacial score (nSPS) is 15.8. The number of hydrogen-bond acceptors (Lipinski definition) is 5. The first-order valence-electron chi connectivity index (χ1n) is 10.2. The standard InChI is InChI=1S/C21H32N4OS2/c1-4-22-21(25(3)12-8-17-9-13-26-14-10-17)23-11-7-18-5-6-20(28-18)19-15-27-16(2)24-19/h5-6,15,17H,4,7-14H2,1-3H3,(H,22,23). The second-order valence-corrected chi connectivity index (χ2v) is 9.50. The van der Waals surface area contributed by atoms with Gasteiger partial charge in [-0.2, -0.15) is 0 Å². The average Bonchev–Trinajstić information content (AvgIpc) is 3.35. The second kappa shape index (κ2) is 10.9. The van der Waals surface area contributed by atoms with Crippen molar-refractivity contribution < 1.29 is 4.74 Å². The Labute approximate surface area is 176 Å². The number of thiazole rings is 1. The largest absolute Gasteiger partial charge is 0.381 e. The summed E-state index contributed by atoms with van der Waals surface area (Å²) in [5, 5.41) is 6.69. The van der Waals surface area contributed by atoms with Crippen LogP contribution in [0.3, 0.4) is 0 Å². The molecule has 0 unspecified atom stereocenters. The van der Waals surface area contributed by atoms with Crippen molar-refractivity contribution in [1.82, 2.24) is 15.2 Å². The van der Waals surface area contributed by atoms with Crippen LogP contribution in [0.25, 0.3) is 10.6 Å². The van der Waals surface area contributed by atoms with Crippen LogP contribution in [0.15, 0.2) is 22.5 Å². The van der Waals surface area contributed by atoms with Crippen LogP contribution in [0.1, 0.15) is 36.1 Å². The SMILES string of the molecule is CCNC(=NCCc1ccc(-c2csc(C)n2)s1)N(C)CCC1CCOCC1. The van der Waals surface area contributed by atoms with Crippen LogP contribution in [0, 0.1) is 12.8 Å². The fourth-order valence-electron chi connectivity index (χ4n) is 3.39. The first kappa shape index (κ1) is 21.3. The van der Waals surface area contributed by atoms with Gasteiger partial charge in [0.25, 0.3) is 0 Å². The highest BCUT2D eigenvalue weighted by Gasteiger charge is 2.15. The summed E-state index contributed by atoms with van der Waals surface area (Å²) < 4.78 is 5.47. The molecular formula is C21H32N4OS2. The smallest absolute Gasteiger partial charge is 0.193 e. The Bertz CT molecular complexity index is 749. The highest BCUT2D eigenvalue weighted by molar-refractivity contribution is 7.16. The van der Waals surface area contributed by atoms with Gasteiger partial charge in [0.1, 0.15) is 0 Å². The van der Waals surface area contributed by atoms with E-state index in [4.69, 9.17) is 9.73 Å².